The molecule has 1 fully saturated rings. The van der Waals surface area contributed by atoms with E-state index in [4.69, 9.17) is 9.15 Å². The lowest BCUT2D eigenvalue weighted by Crippen LogP contribution is -2.46. The van der Waals surface area contributed by atoms with Gasteiger partial charge in [0.1, 0.15) is 18.1 Å². The van der Waals surface area contributed by atoms with Gasteiger partial charge in [0.15, 0.2) is 5.96 Å². The molecule has 7 nitrogen and oxygen atoms in total. The third-order valence-corrected chi connectivity index (χ3v) is 4.97. The van der Waals surface area contributed by atoms with Gasteiger partial charge in [-0.3, -0.25) is 4.90 Å². The maximum Gasteiger partial charge on any atom is 0.216 e. The van der Waals surface area contributed by atoms with Crippen molar-refractivity contribution in [1.82, 2.24) is 20.5 Å². The van der Waals surface area contributed by atoms with Crippen LogP contribution in [-0.4, -0.2) is 55.2 Å². The SMILES string of the molecule is CCNC(=NCc1nc(C)c(C)o1)NCC(c1cccc(F)c1)N1CCOCC1.I. The Bertz CT molecular complexity index is 804. The number of nitrogens with zero attached hydrogens (tertiary/aromatic N) is 3. The highest BCUT2D eigenvalue weighted by molar-refractivity contribution is 14.0. The first-order chi connectivity index (χ1) is 14.1. The van der Waals surface area contributed by atoms with E-state index in [1.165, 1.54) is 6.07 Å². The summed E-state index contributed by atoms with van der Waals surface area (Å²) in [6.45, 7) is 10.5. The lowest BCUT2D eigenvalue weighted by molar-refractivity contribution is 0.0169. The minimum atomic E-state index is -0.226. The number of guanidine groups is 1. The Balaban J connectivity index is 0.00000320. The normalized spacial score (nSPS) is 16.1. The van der Waals surface area contributed by atoms with Gasteiger partial charge in [-0.25, -0.2) is 14.4 Å². The molecule has 0 saturated carbocycles. The van der Waals surface area contributed by atoms with Crippen LogP contribution in [0.15, 0.2) is 33.7 Å². The maximum absolute atomic E-state index is 13.8. The monoisotopic (exact) mass is 531 g/mol. The number of aryl methyl sites for hydroxylation is 2. The number of benzene rings is 1. The van der Waals surface area contributed by atoms with Gasteiger partial charge >= 0.3 is 0 Å². The minimum Gasteiger partial charge on any atom is -0.444 e. The molecule has 2 N–H and O–H groups in total. The van der Waals surface area contributed by atoms with E-state index < -0.39 is 0 Å². The van der Waals surface area contributed by atoms with Gasteiger partial charge in [0.05, 0.1) is 24.9 Å². The Kier molecular flexibility index (Phi) is 9.99. The molecule has 2 aromatic rings. The van der Waals surface area contributed by atoms with Gasteiger partial charge < -0.3 is 19.8 Å². The number of ether oxygens (including phenoxy) is 1. The standard InChI is InChI=1S/C21H30FN5O2.HI/c1-4-23-21(25-14-20-26-15(2)16(3)29-20)24-13-19(27-8-10-28-11-9-27)17-6-5-7-18(22)12-17;/h5-7,12,19H,4,8-11,13-14H2,1-3H3,(H2,23,24,25);1H. The molecule has 1 aromatic carbocycles. The third-order valence-electron chi connectivity index (χ3n) is 4.97. The number of halogens is 2. The zero-order chi connectivity index (χ0) is 20.6. The summed E-state index contributed by atoms with van der Waals surface area (Å²) in [4.78, 5) is 11.3. The molecule has 0 radical (unpaired) electrons. The number of oxazole rings is 1. The molecule has 0 bridgehead atoms. The second kappa shape index (κ2) is 12.2. The van der Waals surface area contributed by atoms with Crippen LogP contribution in [0.25, 0.3) is 0 Å². The van der Waals surface area contributed by atoms with E-state index in [0.717, 1.165) is 36.7 Å². The predicted molar refractivity (Wildman–Crippen MR) is 126 cm³/mol. The van der Waals surface area contributed by atoms with Gasteiger partial charge in [0.2, 0.25) is 5.89 Å². The fourth-order valence-corrected chi connectivity index (χ4v) is 3.35. The molecule has 166 valence electrons. The van der Waals surface area contributed by atoms with Crippen molar-refractivity contribution in [1.29, 1.82) is 0 Å². The van der Waals surface area contributed by atoms with Crippen LogP contribution >= 0.6 is 24.0 Å². The van der Waals surface area contributed by atoms with Crippen LogP contribution in [-0.2, 0) is 11.3 Å². The molecule has 3 rings (SSSR count). The number of hydrogen-bond acceptors (Lipinski definition) is 5. The Labute approximate surface area is 194 Å². The van der Waals surface area contributed by atoms with Crippen molar-refractivity contribution in [3.8, 4) is 0 Å². The van der Waals surface area contributed by atoms with Crippen LogP contribution in [0.5, 0.6) is 0 Å². The van der Waals surface area contributed by atoms with Gasteiger partial charge in [-0.1, -0.05) is 12.1 Å². The van der Waals surface area contributed by atoms with Crippen molar-refractivity contribution in [2.45, 2.75) is 33.4 Å². The van der Waals surface area contributed by atoms with Gasteiger partial charge in [-0.2, -0.15) is 0 Å². The van der Waals surface area contributed by atoms with Gasteiger partial charge in [-0.05, 0) is 38.5 Å². The molecule has 0 amide bonds. The zero-order valence-corrected chi connectivity index (χ0v) is 20.1. The number of hydrogen-bond donors (Lipinski definition) is 2. The lowest BCUT2D eigenvalue weighted by Gasteiger charge is -2.35. The molecule has 1 saturated heterocycles. The summed E-state index contributed by atoms with van der Waals surface area (Å²) in [6, 6.07) is 6.81. The number of morpholine rings is 1. The van der Waals surface area contributed by atoms with Crippen LogP contribution in [0.4, 0.5) is 4.39 Å². The van der Waals surface area contributed by atoms with E-state index in [9.17, 15) is 4.39 Å². The average molecular weight is 531 g/mol. The summed E-state index contributed by atoms with van der Waals surface area (Å²) in [5, 5.41) is 6.64. The number of aromatic nitrogens is 1. The Morgan fingerprint density at radius 1 is 1.27 bits per heavy atom. The molecular weight excluding hydrogens is 500 g/mol. The van der Waals surface area contributed by atoms with Crippen molar-refractivity contribution in [3.05, 3.63) is 53.0 Å². The molecule has 9 heteroatoms. The quantitative estimate of drug-likeness (QED) is 0.325. The Morgan fingerprint density at radius 2 is 2.03 bits per heavy atom. The average Bonchev–Trinajstić information content (AvgIpc) is 3.04. The third kappa shape index (κ3) is 6.92. The summed E-state index contributed by atoms with van der Waals surface area (Å²) in [5.74, 6) is 1.85. The van der Waals surface area contributed by atoms with Crippen LogP contribution in [0.3, 0.4) is 0 Å². The summed E-state index contributed by atoms with van der Waals surface area (Å²) in [7, 11) is 0. The molecule has 1 aromatic heterocycles. The second-order valence-corrected chi connectivity index (χ2v) is 7.04. The van der Waals surface area contributed by atoms with E-state index in [1.54, 1.807) is 12.1 Å². The van der Waals surface area contributed by atoms with Gasteiger partial charge in [-0.15, -0.1) is 24.0 Å². The maximum atomic E-state index is 13.8. The van der Waals surface area contributed by atoms with Crippen molar-refractivity contribution in [3.63, 3.8) is 0 Å². The Hall–Kier alpha value is -1.72. The number of rotatable bonds is 7. The fraction of sp³-hybridized carbons (Fsp3) is 0.524. The Morgan fingerprint density at radius 3 is 2.67 bits per heavy atom. The molecule has 1 unspecified atom stereocenters. The molecule has 2 heterocycles. The van der Waals surface area contributed by atoms with Crippen LogP contribution in [0.1, 0.15) is 35.9 Å². The van der Waals surface area contributed by atoms with Crippen LogP contribution < -0.4 is 10.6 Å². The predicted octanol–water partition coefficient (Wildman–Crippen LogP) is 3.18. The van der Waals surface area contributed by atoms with E-state index in [0.29, 0.717) is 38.2 Å². The molecule has 30 heavy (non-hydrogen) atoms. The number of nitrogens with one attached hydrogen (secondary N) is 2. The first-order valence-corrected chi connectivity index (χ1v) is 10.1. The number of aliphatic imine (C=N–C) groups is 1. The van der Waals surface area contributed by atoms with E-state index in [-0.39, 0.29) is 35.8 Å². The molecule has 1 aliphatic heterocycles. The summed E-state index contributed by atoms with van der Waals surface area (Å²) >= 11 is 0. The second-order valence-electron chi connectivity index (χ2n) is 7.04. The van der Waals surface area contributed by atoms with Gasteiger partial charge in [0, 0.05) is 26.2 Å². The molecule has 0 aliphatic carbocycles. The smallest absolute Gasteiger partial charge is 0.216 e. The summed E-state index contributed by atoms with van der Waals surface area (Å²) < 4.78 is 24.9. The van der Waals surface area contributed by atoms with Crippen molar-refractivity contribution >= 4 is 29.9 Å². The van der Waals surface area contributed by atoms with Crippen molar-refractivity contribution in [2.75, 3.05) is 39.4 Å². The highest BCUT2D eigenvalue weighted by Gasteiger charge is 2.23. The first-order valence-electron chi connectivity index (χ1n) is 10.1. The summed E-state index contributed by atoms with van der Waals surface area (Å²) in [5.41, 5.74) is 1.82. The first kappa shape index (κ1) is 24.5. The van der Waals surface area contributed by atoms with E-state index >= 15 is 0 Å². The van der Waals surface area contributed by atoms with Gasteiger partial charge in [0.25, 0.3) is 0 Å². The zero-order valence-electron chi connectivity index (χ0n) is 17.8. The van der Waals surface area contributed by atoms with Crippen molar-refractivity contribution < 1.29 is 13.5 Å². The largest absolute Gasteiger partial charge is 0.444 e. The topological polar surface area (TPSA) is 74.9 Å². The van der Waals surface area contributed by atoms with E-state index in [2.05, 4.69) is 25.5 Å². The molecule has 0 spiro atoms. The summed E-state index contributed by atoms with van der Waals surface area (Å²) in [6.07, 6.45) is 0. The molecule has 1 aliphatic rings. The highest BCUT2D eigenvalue weighted by atomic mass is 127. The molecular formula is C21H31FIN5O2. The minimum absolute atomic E-state index is 0. The van der Waals surface area contributed by atoms with Crippen LogP contribution in [0, 0.1) is 19.7 Å². The lowest BCUT2D eigenvalue weighted by atomic mass is 10.0. The van der Waals surface area contributed by atoms with E-state index in [1.807, 2.05) is 26.8 Å². The highest BCUT2D eigenvalue weighted by Crippen LogP contribution is 2.22. The van der Waals surface area contributed by atoms with Crippen LogP contribution in [0.2, 0.25) is 0 Å². The molecule has 1 atom stereocenters. The van der Waals surface area contributed by atoms with Crippen molar-refractivity contribution in [2.24, 2.45) is 4.99 Å². The fourth-order valence-electron chi connectivity index (χ4n) is 3.35.